The van der Waals surface area contributed by atoms with Crippen LogP contribution < -0.4 is 16.4 Å². The molecule has 11 heteroatoms. The molecular weight excluding hydrogens is 326 g/mol. The molecule has 0 rings (SSSR count). The summed E-state index contributed by atoms with van der Waals surface area (Å²) in [6, 6.07) is 0. The van der Waals surface area contributed by atoms with E-state index in [4.69, 9.17) is 15.9 Å². The zero-order valence-corrected chi connectivity index (χ0v) is 12.8. The first-order valence-electron chi connectivity index (χ1n) is 7.06. The van der Waals surface area contributed by atoms with Crippen molar-refractivity contribution in [2.24, 2.45) is 5.73 Å². The Labute approximate surface area is 137 Å². The number of aliphatic hydroxyl groups excluding tert-OH is 5. The average Bonchev–Trinajstić information content (AvgIpc) is 2.56. The maximum Gasteiger partial charge on any atom is 0.251 e. The molecule has 11 nitrogen and oxygen atoms in total. The highest BCUT2D eigenvalue weighted by molar-refractivity contribution is 5.95. The van der Waals surface area contributed by atoms with Crippen molar-refractivity contribution >= 4 is 17.7 Å². The monoisotopic (exact) mass is 349 g/mol. The first kappa shape index (κ1) is 21.9. The van der Waals surface area contributed by atoms with Gasteiger partial charge < -0.3 is 41.9 Å². The Morgan fingerprint density at radius 3 is 2.08 bits per heavy atom. The molecule has 4 unspecified atom stereocenters. The van der Waals surface area contributed by atoms with Crippen LogP contribution in [-0.4, -0.2) is 87.4 Å². The van der Waals surface area contributed by atoms with Crippen LogP contribution in [0.2, 0.25) is 0 Å². The van der Waals surface area contributed by atoms with Gasteiger partial charge in [-0.2, -0.15) is 0 Å². The number of primary amides is 1. The van der Waals surface area contributed by atoms with Gasteiger partial charge in [0.2, 0.25) is 11.8 Å². The van der Waals surface area contributed by atoms with Crippen LogP contribution in [0.5, 0.6) is 0 Å². The first-order chi connectivity index (χ1) is 11.2. The molecule has 0 aromatic carbocycles. The van der Waals surface area contributed by atoms with Gasteiger partial charge in [0.05, 0.1) is 6.61 Å². The Morgan fingerprint density at radius 2 is 1.54 bits per heavy atom. The third kappa shape index (κ3) is 8.55. The summed E-state index contributed by atoms with van der Waals surface area (Å²) < 4.78 is 0. The Hall–Kier alpha value is -2.05. The molecule has 0 aromatic rings. The normalized spacial score (nSPS) is 16.2. The Morgan fingerprint density at radius 1 is 0.958 bits per heavy atom. The lowest BCUT2D eigenvalue weighted by molar-refractivity contribution is -0.148. The third-order valence-electron chi connectivity index (χ3n) is 2.87. The molecule has 0 aliphatic heterocycles. The summed E-state index contributed by atoms with van der Waals surface area (Å²) in [5, 5.41) is 50.8. The summed E-state index contributed by atoms with van der Waals surface area (Å²) >= 11 is 0. The van der Waals surface area contributed by atoms with Crippen LogP contribution in [0.15, 0.2) is 12.2 Å². The van der Waals surface area contributed by atoms with Crippen molar-refractivity contribution < 1.29 is 39.9 Å². The molecule has 0 aromatic heterocycles. The van der Waals surface area contributed by atoms with Gasteiger partial charge in [0.1, 0.15) is 18.3 Å². The van der Waals surface area contributed by atoms with Crippen molar-refractivity contribution in [2.75, 3.05) is 19.7 Å². The maximum atomic E-state index is 11.5. The molecule has 3 amide bonds. The van der Waals surface area contributed by atoms with Gasteiger partial charge in [-0.05, 0) is 6.42 Å². The SMILES string of the molecule is NC(=O)/C=C\C(=O)NCCCNC(=O)C(O)C(O)C(O)C(O)CO. The van der Waals surface area contributed by atoms with Crippen molar-refractivity contribution in [3.05, 3.63) is 12.2 Å². The van der Waals surface area contributed by atoms with Crippen LogP contribution in [0.4, 0.5) is 0 Å². The number of carbonyl (C=O) groups is 3. The molecule has 4 atom stereocenters. The number of aliphatic hydroxyl groups is 5. The molecule has 24 heavy (non-hydrogen) atoms. The molecule has 0 heterocycles. The number of hydrogen-bond donors (Lipinski definition) is 8. The molecule has 0 fully saturated rings. The minimum Gasteiger partial charge on any atom is -0.394 e. The minimum absolute atomic E-state index is 0.0427. The molecule has 9 N–H and O–H groups in total. The average molecular weight is 349 g/mol. The van der Waals surface area contributed by atoms with Crippen molar-refractivity contribution in [1.29, 1.82) is 0 Å². The van der Waals surface area contributed by atoms with Gasteiger partial charge >= 0.3 is 0 Å². The van der Waals surface area contributed by atoms with E-state index in [1.807, 2.05) is 0 Å². The topological polar surface area (TPSA) is 202 Å². The molecule has 0 saturated heterocycles. The van der Waals surface area contributed by atoms with Gasteiger partial charge in [0, 0.05) is 25.2 Å². The summed E-state index contributed by atoms with van der Waals surface area (Å²) in [5.41, 5.74) is 4.81. The number of nitrogens with one attached hydrogen (secondary N) is 2. The van der Waals surface area contributed by atoms with Crippen molar-refractivity contribution in [3.63, 3.8) is 0 Å². The van der Waals surface area contributed by atoms with Gasteiger partial charge in [-0.3, -0.25) is 14.4 Å². The predicted octanol–water partition coefficient (Wildman–Crippen LogP) is -4.91. The summed E-state index contributed by atoms with van der Waals surface area (Å²) in [6.07, 6.45) is -5.46. The minimum atomic E-state index is -2.01. The van der Waals surface area contributed by atoms with Crippen LogP contribution in [-0.2, 0) is 14.4 Å². The summed E-state index contributed by atoms with van der Waals surface area (Å²) in [4.78, 5) is 33.1. The smallest absolute Gasteiger partial charge is 0.251 e. The van der Waals surface area contributed by atoms with E-state index >= 15 is 0 Å². The van der Waals surface area contributed by atoms with Gasteiger partial charge in [-0.25, -0.2) is 0 Å². The van der Waals surface area contributed by atoms with Crippen LogP contribution in [0.25, 0.3) is 0 Å². The van der Waals surface area contributed by atoms with E-state index in [2.05, 4.69) is 10.6 Å². The highest BCUT2D eigenvalue weighted by Crippen LogP contribution is 2.05. The molecule has 0 radical (unpaired) electrons. The van der Waals surface area contributed by atoms with Crippen LogP contribution in [0.1, 0.15) is 6.42 Å². The third-order valence-corrected chi connectivity index (χ3v) is 2.87. The van der Waals surface area contributed by atoms with Crippen molar-refractivity contribution in [2.45, 2.75) is 30.8 Å². The fraction of sp³-hybridized carbons (Fsp3) is 0.615. The van der Waals surface area contributed by atoms with Gasteiger partial charge in [0.25, 0.3) is 5.91 Å². The van der Waals surface area contributed by atoms with E-state index in [1.54, 1.807) is 0 Å². The molecule has 0 aliphatic rings. The maximum absolute atomic E-state index is 11.5. The van der Waals surface area contributed by atoms with E-state index in [1.165, 1.54) is 0 Å². The van der Waals surface area contributed by atoms with Gasteiger partial charge in [-0.15, -0.1) is 0 Å². The Bertz CT molecular complexity index is 456. The first-order valence-corrected chi connectivity index (χ1v) is 7.06. The van der Waals surface area contributed by atoms with Crippen molar-refractivity contribution in [1.82, 2.24) is 10.6 Å². The van der Waals surface area contributed by atoms with Crippen LogP contribution in [0.3, 0.4) is 0 Å². The van der Waals surface area contributed by atoms with E-state index in [9.17, 15) is 29.7 Å². The molecule has 0 bridgehead atoms. The molecule has 138 valence electrons. The zero-order chi connectivity index (χ0) is 18.7. The van der Waals surface area contributed by atoms with Crippen molar-refractivity contribution in [3.8, 4) is 0 Å². The number of hydrogen-bond acceptors (Lipinski definition) is 8. The van der Waals surface area contributed by atoms with E-state index in [-0.39, 0.29) is 19.5 Å². The second kappa shape index (κ2) is 11.5. The number of carbonyl (C=O) groups excluding carboxylic acids is 3. The fourth-order valence-corrected chi connectivity index (χ4v) is 1.51. The summed E-state index contributed by atoms with van der Waals surface area (Å²) in [7, 11) is 0. The lowest BCUT2D eigenvalue weighted by Crippen LogP contribution is -2.51. The molecule has 0 saturated carbocycles. The zero-order valence-electron chi connectivity index (χ0n) is 12.8. The predicted molar refractivity (Wildman–Crippen MR) is 80.1 cm³/mol. The number of rotatable bonds is 11. The van der Waals surface area contributed by atoms with E-state index in [0.717, 1.165) is 12.2 Å². The van der Waals surface area contributed by atoms with E-state index in [0.29, 0.717) is 0 Å². The van der Waals surface area contributed by atoms with E-state index < -0.39 is 48.7 Å². The Kier molecular flexibility index (Phi) is 10.5. The van der Waals surface area contributed by atoms with Gasteiger partial charge in [0.15, 0.2) is 6.10 Å². The van der Waals surface area contributed by atoms with Crippen LogP contribution in [0, 0.1) is 0 Å². The highest BCUT2D eigenvalue weighted by atomic mass is 16.4. The molecular formula is C13H23N3O8. The van der Waals surface area contributed by atoms with Crippen LogP contribution >= 0.6 is 0 Å². The second-order valence-electron chi connectivity index (χ2n) is 4.85. The lowest BCUT2D eigenvalue weighted by Gasteiger charge is -2.24. The fourth-order valence-electron chi connectivity index (χ4n) is 1.51. The summed E-state index contributed by atoms with van der Waals surface area (Å²) in [5.74, 6) is -2.30. The molecule has 0 spiro atoms. The highest BCUT2D eigenvalue weighted by Gasteiger charge is 2.33. The molecule has 0 aliphatic carbocycles. The Balaban J connectivity index is 4.05. The standard InChI is InChI=1S/C13H23N3O8/c14-8(19)2-3-9(20)15-4-1-5-16-13(24)12(23)11(22)10(21)7(18)6-17/h2-3,7,10-12,17-18,21-23H,1,4-6H2,(H2,14,19)(H,15,20)(H,16,24)/b3-2-. The lowest BCUT2D eigenvalue weighted by atomic mass is 10.0. The second-order valence-corrected chi connectivity index (χ2v) is 4.85. The number of nitrogens with two attached hydrogens (primary N) is 1. The number of amides is 3. The van der Waals surface area contributed by atoms with Gasteiger partial charge in [-0.1, -0.05) is 0 Å². The quantitative estimate of drug-likeness (QED) is 0.134. The summed E-state index contributed by atoms with van der Waals surface area (Å²) in [6.45, 7) is -0.649. The largest absolute Gasteiger partial charge is 0.394 e.